The quantitative estimate of drug-likeness (QED) is 0.540. The molecule has 0 radical (unpaired) electrons. The minimum absolute atomic E-state index is 0.0510. The number of fused-ring (bicyclic) bond motifs is 1. The Morgan fingerprint density at radius 1 is 0.829 bits per heavy atom. The van der Waals surface area contributed by atoms with Gasteiger partial charge in [-0.15, -0.1) is 0 Å². The van der Waals surface area contributed by atoms with Gasteiger partial charge in [0, 0.05) is 57.3 Å². The van der Waals surface area contributed by atoms with Crippen molar-refractivity contribution in [2.24, 2.45) is 0 Å². The maximum atomic E-state index is 13.4. The third-order valence-corrected chi connectivity index (χ3v) is 9.35. The van der Waals surface area contributed by atoms with Gasteiger partial charge in [-0.3, -0.25) is 39.1 Å². The van der Waals surface area contributed by atoms with Gasteiger partial charge in [-0.25, -0.2) is 0 Å². The van der Waals surface area contributed by atoms with E-state index in [1.807, 2.05) is 12.1 Å². The van der Waals surface area contributed by atoms with Crippen LogP contribution in [-0.4, -0.2) is 95.6 Å². The van der Waals surface area contributed by atoms with E-state index in [-0.39, 0.29) is 29.9 Å². The van der Waals surface area contributed by atoms with E-state index in [1.54, 1.807) is 17.0 Å². The van der Waals surface area contributed by atoms with Crippen LogP contribution in [0.15, 0.2) is 36.4 Å². The van der Waals surface area contributed by atoms with Crippen molar-refractivity contribution < 1.29 is 24.0 Å². The van der Waals surface area contributed by atoms with E-state index in [9.17, 15) is 24.0 Å². The van der Waals surface area contributed by atoms with Crippen LogP contribution < -0.4 is 10.2 Å². The topological polar surface area (TPSA) is 110 Å². The first-order chi connectivity index (χ1) is 19.7. The maximum Gasteiger partial charge on any atom is 0.262 e. The molecule has 4 heterocycles. The summed E-state index contributed by atoms with van der Waals surface area (Å²) in [7, 11) is 0. The molecule has 0 saturated carbocycles. The average molecular weight is 598 g/mol. The van der Waals surface area contributed by atoms with Crippen LogP contribution in [0, 0.1) is 0 Å². The second-order valence-corrected chi connectivity index (χ2v) is 11.6. The van der Waals surface area contributed by atoms with Crippen molar-refractivity contribution in [1.82, 2.24) is 20.0 Å². The van der Waals surface area contributed by atoms with Crippen LogP contribution in [0.25, 0.3) is 0 Å². The highest BCUT2D eigenvalue weighted by Gasteiger charge is 2.45. The molecule has 4 aliphatic rings. The van der Waals surface area contributed by atoms with E-state index in [1.165, 1.54) is 12.1 Å². The van der Waals surface area contributed by atoms with Crippen molar-refractivity contribution in [3.63, 3.8) is 0 Å². The number of hydrogen-bond donors (Lipinski definition) is 1. The number of nitrogens with zero attached hydrogens (tertiary/aromatic N) is 4. The lowest BCUT2D eigenvalue weighted by molar-refractivity contribution is -0.136. The Balaban J connectivity index is 1.06. The predicted octanol–water partition coefficient (Wildman–Crippen LogP) is 2.82. The van der Waals surface area contributed by atoms with Gasteiger partial charge in [0.05, 0.1) is 26.9 Å². The van der Waals surface area contributed by atoms with Crippen molar-refractivity contribution in [3.8, 4) is 0 Å². The molecular weight excluding hydrogens is 569 g/mol. The van der Waals surface area contributed by atoms with E-state index >= 15 is 0 Å². The minimum atomic E-state index is -1.04. The Bertz CT molecular complexity index is 1450. The largest absolute Gasteiger partial charge is 0.368 e. The summed E-state index contributed by atoms with van der Waals surface area (Å²) in [4.78, 5) is 70.7. The summed E-state index contributed by atoms with van der Waals surface area (Å²) in [6.45, 7) is 4.67. The number of rotatable bonds is 4. The van der Waals surface area contributed by atoms with Crippen LogP contribution in [0.4, 0.5) is 5.69 Å². The molecule has 0 aromatic heterocycles. The lowest BCUT2D eigenvalue weighted by Crippen LogP contribution is -2.54. The first-order valence-corrected chi connectivity index (χ1v) is 14.6. The summed E-state index contributed by atoms with van der Waals surface area (Å²) >= 11 is 12.6. The number of amides is 5. The summed E-state index contributed by atoms with van der Waals surface area (Å²) in [5.74, 6) is -2.48. The molecule has 0 aliphatic carbocycles. The van der Waals surface area contributed by atoms with Crippen LogP contribution >= 0.6 is 23.2 Å². The fraction of sp³-hybridized carbons (Fsp3) is 0.414. The number of likely N-dealkylation sites (tertiary alicyclic amines) is 1. The zero-order chi connectivity index (χ0) is 28.8. The first kappa shape index (κ1) is 27.7. The van der Waals surface area contributed by atoms with Gasteiger partial charge in [0.2, 0.25) is 11.8 Å². The van der Waals surface area contributed by atoms with Crippen molar-refractivity contribution in [3.05, 3.63) is 63.1 Å². The Labute approximate surface area is 247 Å². The van der Waals surface area contributed by atoms with Crippen LogP contribution in [-0.2, 0) is 9.59 Å². The maximum absolute atomic E-state index is 13.4. The van der Waals surface area contributed by atoms with E-state index in [4.69, 9.17) is 23.2 Å². The molecule has 214 valence electrons. The van der Waals surface area contributed by atoms with Gasteiger partial charge in [-0.2, -0.15) is 0 Å². The number of benzene rings is 2. The molecule has 2 aromatic rings. The molecule has 2 aromatic carbocycles. The Morgan fingerprint density at radius 3 is 2.24 bits per heavy atom. The van der Waals surface area contributed by atoms with E-state index in [0.717, 1.165) is 49.6 Å². The number of anilines is 1. The molecule has 10 nitrogen and oxygen atoms in total. The molecule has 1 N–H and O–H groups in total. The van der Waals surface area contributed by atoms with Crippen LogP contribution in [0.1, 0.15) is 56.8 Å². The van der Waals surface area contributed by atoms with Gasteiger partial charge in [-0.05, 0) is 49.6 Å². The number of hydrogen-bond acceptors (Lipinski definition) is 7. The van der Waals surface area contributed by atoms with Crippen molar-refractivity contribution in [2.75, 3.05) is 44.2 Å². The standard InChI is InChI=1S/C29H29Cl2N5O5/c30-21-2-1-3-22(25(21)31)34-14-12-33(13-15-34)18-8-10-35(11-9-18)27(39)17-4-5-19-20(16-17)29(41)36(28(19)40)23-6-7-24(37)32-26(23)38/h1-5,16,18,23H,6-15H2,(H,32,37,38). The zero-order valence-corrected chi connectivity index (χ0v) is 23.8. The van der Waals surface area contributed by atoms with Gasteiger partial charge in [0.1, 0.15) is 6.04 Å². The number of carbonyl (C=O) groups excluding carboxylic acids is 5. The molecule has 1 unspecified atom stereocenters. The summed E-state index contributed by atoms with van der Waals surface area (Å²) in [5, 5.41) is 3.32. The van der Waals surface area contributed by atoms with Gasteiger partial charge in [0.15, 0.2) is 0 Å². The Hall–Kier alpha value is -3.47. The van der Waals surface area contributed by atoms with E-state index < -0.39 is 29.7 Å². The predicted molar refractivity (Wildman–Crippen MR) is 152 cm³/mol. The number of carbonyl (C=O) groups is 5. The molecule has 12 heteroatoms. The molecule has 41 heavy (non-hydrogen) atoms. The zero-order valence-electron chi connectivity index (χ0n) is 22.3. The number of piperidine rings is 2. The summed E-state index contributed by atoms with van der Waals surface area (Å²) in [6, 6.07) is 9.51. The summed E-state index contributed by atoms with van der Waals surface area (Å²) < 4.78 is 0. The number of halogens is 2. The van der Waals surface area contributed by atoms with Crippen LogP contribution in [0.2, 0.25) is 10.0 Å². The summed E-state index contributed by atoms with van der Waals surface area (Å²) in [6.07, 6.45) is 1.82. The highest BCUT2D eigenvalue weighted by Crippen LogP contribution is 2.34. The lowest BCUT2D eigenvalue weighted by atomic mass is 10.00. The molecular formula is C29H29Cl2N5O5. The summed E-state index contributed by atoms with van der Waals surface area (Å²) in [5.41, 5.74) is 1.56. The highest BCUT2D eigenvalue weighted by molar-refractivity contribution is 6.43. The molecule has 0 spiro atoms. The second kappa shape index (κ2) is 11.1. The Kier molecular flexibility index (Phi) is 7.48. The number of piperazine rings is 1. The smallest absolute Gasteiger partial charge is 0.262 e. The van der Waals surface area contributed by atoms with Crippen LogP contribution in [0.5, 0.6) is 0 Å². The fourth-order valence-corrected chi connectivity index (χ4v) is 6.70. The van der Waals surface area contributed by atoms with Gasteiger partial charge in [-0.1, -0.05) is 29.3 Å². The molecule has 3 saturated heterocycles. The first-order valence-electron chi connectivity index (χ1n) is 13.8. The van der Waals surface area contributed by atoms with Crippen molar-refractivity contribution >= 4 is 58.4 Å². The molecule has 6 rings (SSSR count). The number of nitrogens with one attached hydrogen (secondary N) is 1. The third kappa shape index (κ3) is 5.09. The lowest BCUT2D eigenvalue weighted by Gasteiger charge is -2.43. The molecule has 1 atom stereocenters. The van der Waals surface area contributed by atoms with Gasteiger partial charge >= 0.3 is 0 Å². The molecule has 5 amide bonds. The number of imide groups is 2. The monoisotopic (exact) mass is 597 g/mol. The molecule has 0 bridgehead atoms. The Morgan fingerprint density at radius 2 is 1.54 bits per heavy atom. The van der Waals surface area contributed by atoms with Crippen LogP contribution in [0.3, 0.4) is 0 Å². The normalized spacial score (nSPS) is 22.3. The second-order valence-electron chi connectivity index (χ2n) is 10.8. The van der Waals surface area contributed by atoms with Crippen molar-refractivity contribution in [1.29, 1.82) is 0 Å². The fourth-order valence-electron chi connectivity index (χ4n) is 6.29. The van der Waals surface area contributed by atoms with E-state index in [2.05, 4.69) is 15.1 Å². The van der Waals surface area contributed by atoms with Gasteiger partial charge in [0.25, 0.3) is 17.7 Å². The SMILES string of the molecule is O=C1CCC(N2C(=O)c3ccc(C(=O)N4CCC(N5CCN(c6cccc(Cl)c6Cl)CC5)CC4)cc3C2=O)C(=O)N1. The molecule has 4 aliphatic heterocycles. The van der Waals surface area contributed by atoms with Gasteiger partial charge < -0.3 is 9.80 Å². The molecule has 3 fully saturated rings. The highest BCUT2D eigenvalue weighted by atomic mass is 35.5. The van der Waals surface area contributed by atoms with E-state index in [0.29, 0.717) is 34.7 Å². The van der Waals surface area contributed by atoms with Crippen molar-refractivity contribution in [2.45, 2.75) is 37.8 Å². The minimum Gasteiger partial charge on any atom is -0.368 e. The average Bonchev–Trinajstić information content (AvgIpc) is 3.23. The third-order valence-electron chi connectivity index (χ3n) is 8.54.